The van der Waals surface area contributed by atoms with Crippen molar-refractivity contribution < 1.29 is 23.9 Å². The van der Waals surface area contributed by atoms with Gasteiger partial charge >= 0.3 is 5.97 Å². The highest BCUT2D eigenvalue weighted by Gasteiger charge is 2.36. The van der Waals surface area contributed by atoms with Gasteiger partial charge < -0.3 is 10.1 Å². The third-order valence-electron chi connectivity index (χ3n) is 4.29. The second-order valence-corrected chi connectivity index (χ2v) is 6.14. The van der Waals surface area contributed by atoms with E-state index >= 15 is 0 Å². The van der Waals surface area contributed by atoms with Gasteiger partial charge in [0, 0.05) is 13.3 Å². The molecule has 7 heteroatoms. The Labute approximate surface area is 155 Å². The number of imide groups is 1. The molecule has 1 aliphatic rings. The Hall–Kier alpha value is -3.48. The van der Waals surface area contributed by atoms with E-state index in [0.29, 0.717) is 16.8 Å². The summed E-state index contributed by atoms with van der Waals surface area (Å²) in [7, 11) is 1.25. The molecule has 0 fully saturated rings. The fourth-order valence-corrected chi connectivity index (χ4v) is 3.02. The van der Waals surface area contributed by atoms with E-state index in [4.69, 9.17) is 4.74 Å². The lowest BCUT2D eigenvalue weighted by molar-refractivity contribution is -0.144. The first-order chi connectivity index (χ1) is 12.9. The Bertz CT molecular complexity index is 885. The number of nitrogens with zero attached hydrogens (tertiary/aromatic N) is 1. The van der Waals surface area contributed by atoms with E-state index in [1.807, 2.05) is 0 Å². The van der Waals surface area contributed by atoms with Crippen molar-refractivity contribution in [1.82, 2.24) is 5.32 Å². The van der Waals surface area contributed by atoms with Gasteiger partial charge in [-0.3, -0.25) is 14.4 Å². The predicted molar refractivity (Wildman–Crippen MR) is 97.3 cm³/mol. The summed E-state index contributed by atoms with van der Waals surface area (Å²) < 4.78 is 4.70. The molecule has 1 heterocycles. The van der Waals surface area contributed by atoms with Crippen molar-refractivity contribution >= 4 is 29.4 Å². The first kappa shape index (κ1) is 18.3. The third kappa shape index (κ3) is 3.57. The zero-order valence-corrected chi connectivity index (χ0v) is 14.9. The highest BCUT2D eigenvalue weighted by atomic mass is 16.5. The zero-order chi connectivity index (χ0) is 19.6. The van der Waals surface area contributed by atoms with Crippen molar-refractivity contribution in [3.63, 3.8) is 0 Å². The Balaban J connectivity index is 1.80. The molecular formula is C20H18N2O5. The van der Waals surface area contributed by atoms with Crippen LogP contribution in [0.2, 0.25) is 0 Å². The summed E-state index contributed by atoms with van der Waals surface area (Å²) in [6, 6.07) is 12.6. The third-order valence-corrected chi connectivity index (χ3v) is 4.29. The Kier molecular flexibility index (Phi) is 5.03. The van der Waals surface area contributed by atoms with E-state index in [1.54, 1.807) is 48.5 Å². The number of ether oxygens (including phenoxy) is 1. The summed E-state index contributed by atoms with van der Waals surface area (Å²) in [4.78, 5) is 49.2. The highest BCUT2D eigenvalue weighted by molar-refractivity contribution is 6.34. The number of anilines is 1. The molecule has 2 aromatic carbocycles. The molecule has 3 amide bonds. The molecular weight excluding hydrogens is 348 g/mol. The number of methoxy groups -OCH3 is 1. The van der Waals surface area contributed by atoms with E-state index < -0.39 is 12.0 Å². The van der Waals surface area contributed by atoms with Gasteiger partial charge in [0.1, 0.15) is 6.04 Å². The van der Waals surface area contributed by atoms with Crippen molar-refractivity contribution in [3.05, 3.63) is 65.2 Å². The number of hydrogen-bond donors (Lipinski definition) is 1. The lowest BCUT2D eigenvalue weighted by atomic mass is 10.1. The fourth-order valence-electron chi connectivity index (χ4n) is 3.02. The number of rotatable bonds is 5. The van der Waals surface area contributed by atoms with E-state index in [1.165, 1.54) is 14.0 Å². The predicted octanol–water partition coefficient (Wildman–Crippen LogP) is 1.71. The van der Waals surface area contributed by atoms with Crippen molar-refractivity contribution in [2.24, 2.45) is 0 Å². The lowest BCUT2D eigenvalue weighted by Crippen LogP contribution is -2.42. The lowest BCUT2D eigenvalue weighted by Gasteiger charge is -2.17. The van der Waals surface area contributed by atoms with Gasteiger partial charge in [-0.25, -0.2) is 9.69 Å². The molecule has 0 spiro atoms. The molecule has 1 N–H and O–H groups in total. The Morgan fingerprint density at radius 1 is 1.00 bits per heavy atom. The second-order valence-electron chi connectivity index (χ2n) is 6.14. The highest BCUT2D eigenvalue weighted by Crippen LogP contribution is 2.28. The average Bonchev–Trinajstić information content (AvgIpc) is 2.92. The van der Waals surface area contributed by atoms with Gasteiger partial charge in [0.2, 0.25) is 5.91 Å². The molecule has 27 heavy (non-hydrogen) atoms. The second kappa shape index (κ2) is 7.41. The summed E-state index contributed by atoms with van der Waals surface area (Å²) in [6.07, 6.45) is 0.231. The Morgan fingerprint density at radius 3 is 2.04 bits per heavy atom. The van der Waals surface area contributed by atoms with E-state index in [-0.39, 0.29) is 24.1 Å². The molecule has 7 nitrogen and oxygen atoms in total. The maximum Gasteiger partial charge on any atom is 0.328 e. The standard InChI is InChI=1S/C20H18N2O5/c1-12(23)21-17(20(26)27-2)11-13-7-9-14(10-8-13)22-18(24)15-5-3-4-6-16(15)19(22)25/h3-10,17H,11H2,1-2H3,(H,21,23). The van der Waals surface area contributed by atoms with Crippen LogP contribution < -0.4 is 10.2 Å². The molecule has 1 unspecified atom stereocenters. The summed E-state index contributed by atoms with van der Waals surface area (Å²) >= 11 is 0. The minimum atomic E-state index is -0.808. The van der Waals surface area contributed by atoms with Crippen molar-refractivity contribution in [3.8, 4) is 0 Å². The van der Waals surface area contributed by atoms with Crippen molar-refractivity contribution in [2.75, 3.05) is 12.0 Å². The number of benzene rings is 2. The number of hydrogen-bond acceptors (Lipinski definition) is 5. The quantitative estimate of drug-likeness (QED) is 0.642. The average molecular weight is 366 g/mol. The van der Waals surface area contributed by atoms with Gasteiger partial charge in [-0.1, -0.05) is 24.3 Å². The number of carbonyl (C=O) groups is 4. The maximum absolute atomic E-state index is 12.5. The topological polar surface area (TPSA) is 92.8 Å². The molecule has 1 atom stereocenters. The monoisotopic (exact) mass is 366 g/mol. The first-order valence-corrected chi connectivity index (χ1v) is 8.34. The van der Waals surface area contributed by atoms with Gasteiger partial charge in [-0.05, 0) is 29.8 Å². The minimum Gasteiger partial charge on any atom is -0.467 e. The Morgan fingerprint density at radius 2 is 1.56 bits per heavy atom. The van der Waals surface area contributed by atoms with Crippen LogP contribution in [-0.2, 0) is 20.7 Å². The summed E-state index contributed by atoms with van der Waals surface area (Å²) in [6.45, 7) is 1.32. The van der Waals surface area contributed by atoms with Crippen molar-refractivity contribution in [1.29, 1.82) is 0 Å². The molecule has 0 radical (unpaired) electrons. The SMILES string of the molecule is COC(=O)C(Cc1ccc(N2C(=O)c3ccccc3C2=O)cc1)NC(C)=O. The largest absolute Gasteiger partial charge is 0.467 e. The van der Waals surface area contributed by atoms with Gasteiger partial charge in [-0.15, -0.1) is 0 Å². The van der Waals surface area contributed by atoms with Crippen LogP contribution in [0.4, 0.5) is 5.69 Å². The van der Waals surface area contributed by atoms with Gasteiger partial charge in [-0.2, -0.15) is 0 Å². The molecule has 0 bridgehead atoms. The summed E-state index contributed by atoms with van der Waals surface area (Å²) in [5.41, 5.74) is 1.95. The molecule has 2 aromatic rings. The zero-order valence-electron chi connectivity index (χ0n) is 14.9. The number of amides is 3. The minimum absolute atomic E-state index is 0.231. The molecule has 3 rings (SSSR count). The fraction of sp³-hybridized carbons (Fsp3) is 0.200. The van der Waals surface area contributed by atoms with Gasteiger partial charge in [0.15, 0.2) is 0 Å². The molecule has 138 valence electrons. The van der Waals surface area contributed by atoms with Gasteiger partial charge in [0.05, 0.1) is 23.9 Å². The van der Waals surface area contributed by atoms with Crippen LogP contribution in [0.1, 0.15) is 33.2 Å². The maximum atomic E-state index is 12.5. The smallest absolute Gasteiger partial charge is 0.328 e. The van der Waals surface area contributed by atoms with Crippen LogP contribution in [0.25, 0.3) is 0 Å². The summed E-state index contributed by atoms with van der Waals surface area (Å²) in [5, 5.41) is 2.54. The van der Waals surface area contributed by atoms with Crippen molar-refractivity contribution in [2.45, 2.75) is 19.4 Å². The summed E-state index contributed by atoms with van der Waals surface area (Å²) in [5.74, 6) is -1.62. The van der Waals surface area contributed by atoms with Crippen LogP contribution in [0.3, 0.4) is 0 Å². The number of fused-ring (bicyclic) bond motifs is 1. The number of carbonyl (C=O) groups excluding carboxylic acids is 4. The van der Waals surface area contributed by atoms with Crippen LogP contribution in [0.15, 0.2) is 48.5 Å². The van der Waals surface area contributed by atoms with E-state index in [2.05, 4.69) is 5.32 Å². The molecule has 1 aliphatic heterocycles. The first-order valence-electron chi connectivity index (χ1n) is 8.34. The molecule has 0 aliphatic carbocycles. The number of esters is 1. The van der Waals surface area contributed by atoms with Crippen LogP contribution in [-0.4, -0.2) is 36.8 Å². The van der Waals surface area contributed by atoms with Gasteiger partial charge in [0.25, 0.3) is 11.8 Å². The van der Waals surface area contributed by atoms with E-state index in [9.17, 15) is 19.2 Å². The van der Waals surface area contributed by atoms with Crippen LogP contribution in [0, 0.1) is 0 Å². The normalized spacial score (nSPS) is 13.9. The van der Waals surface area contributed by atoms with E-state index in [0.717, 1.165) is 10.5 Å². The molecule has 0 saturated heterocycles. The van der Waals surface area contributed by atoms with Crippen LogP contribution in [0.5, 0.6) is 0 Å². The van der Waals surface area contributed by atoms with Crippen LogP contribution >= 0.6 is 0 Å². The molecule has 0 saturated carbocycles. The number of nitrogens with one attached hydrogen (secondary N) is 1. The molecule has 0 aromatic heterocycles.